The van der Waals surface area contributed by atoms with Crippen LogP contribution in [0.1, 0.15) is 11.1 Å². The molecular formula is C19H19F2N3O2S. The van der Waals surface area contributed by atoms with E-state index < -0.39 is 5.76 Å². The van der Waals surface area contributed by atoms with Gasteiger partial charge in [0, 0.05) is 13.7 Å². The van der Waals surface area contributed by atoms with Crippen LogP contribution in [0.4, 0.5) is 8.78 Å². The summed E-state index contributed by atoms with van der Waals surface area (Å²) < 4.78 is 32.3. The van der Waals surface area contributed by atoms with Crippen molar-refractivity contribution in [2.75, 3.05) is 7.11 Å². The highest BCUT2D eigenvalue weighted by atomic mass is 32.2. The van der Waals surface area contributed by atoms with E-state index >= 15 is 0 Å². The van der Waals surface area contributed by atoms with E-state index in [1.807, 2.05) is 24.3 Å². The molecule has 0 spiro atoms. The maximum absolute atomic E-state index is 12.8. The van der Waals surface area contributed by atoms with Gasteiger partial charge in [0.15, 0.2) is 5.16 Å². The second-order valence-electron chi connectivity index (χ2n) is 5.88. The second-order valence-corrected chi connectivity index (χ2v) is 6.83. The normalized spacial score (nSPS) is 11.3. The molecule has 0 saturated carbocycles. The smallest absolute Gasteiger partial charge is 0.291 e. The van der Waals surface area contributed by atoms with Gasteiger partial charge in [-0.3, -0.25) is 4.79 Å². The van der Waals surface area contributed by atoms with Gasteiger partial charge in [-0.15, -0.1) is 0 Å². The van der Waals surface area contributed by atoms with E-state index in [-0.39, 0.29) is 17.6 Å². The first-order valence-corrected chi connectivity index (χ1v) is 9.18. The third-order valence-corrected chi connectivity index (χ3v) is 4.61. The standard InChI is InChI=1S/C19H19F2N3O2S/c1-26-12-14-6-4-5-13(9-14)10-22-17(25)11-24-16-8-3-2-7-15(16)23-19(24)27-18(20)21/h2-9,18H,10-12H2,1H3,(H,22,25). The van der Waals surface area contributed by atoms with Crippen molar-refractivity contribution in [3.63, 3.8) is 0 Å². The largest absolute Gasteiger partial charge is 0.380 e. The zero-order valence-corrected chi connectivity index (χ0v) is 15.5. The Morgan fingerprint density at radius 1 is 1.22 bits per heavy atom. The van der Waals surface area contributed by atoms with E-state index in [1.54, 1.807) is 31.4 Å². The first kappa shape index (κ1) is 19.3. The minimum atomic E-state index is -2.60. The number of carbonyl (C=O) groups excluding carboxylic acids is 1. The summed E-state index contributed by atoms with van der Waals surface area (Å²) in [7, 11) is 1.62. The molecule has 2 aromatic carbocycles. The highest BCUT2D eigenvalue weighted by Crippen LogP contribution is 2.28. The van der Waals surface area contributed by atoms with E-state index in [0.717, 1.165) is 11.1 Å². The topological polar surface area (TPSA) is 56.1 Å². The lowest BCUT2D eigenvalue weighted by Crippen LogP contribution is -2.27. The minimum absolute atomic E-state index is 0.0761. The van der Waals surface area contributed by atoms with Crippen molar-refractivity contribution in [1.29, 1.82) is 0 Å². The van der Waals surface area contributed by atoms with Crippen LogP contribution in [0.2, 0.25) is 0 Å². The quantitative estimate of drug-likeness (QED) is 0.593. The molecule has 1 heterocycles. The predicted octanol–water partition coefficient (Wildman–Crippen LogP) is 3.81. The fourth-order valence-electron chi connectivity index (χ4n) is 2.77. The number of thioether (sulfide) groups is 1. The third kappa shape index (κ3) is 5.05. The number of nitrogens with zero attached hydrogens (tertiary/aromatic N) is 2. The Hall–Kier alpha value is -2.45. The molecule has 3 aromatic rings. The third-order valence-electron chi connectivity index (χ3n) is 3.91. The molecule has 5 nitrogen and oxygen atoms in total. The van der Waals surface area contributed by atoms with Gasteiger partial charge >= 0.3 is 0 Å². The Balaban J connectivity index is 1.71. The molecule has 1 aromatic heterocycles. The molecule has 1 N–H and O–H groups in total. The first-order chi connectivity index (χ1) is 13.1. The predicted molar refractivity (Wildman–Crippen MR) is 101 cm³/mol. The number of hydrogen-bond donors (Lipinski definition) is 1. The number of carbonyl (C=O) groups is 1. The molecule has 0 aliphatic heterocycles. The molecule has 0 aliphatic carbocycles. The number of aromatic nitrogens is 2. The molecule has 0 saturated heterocycles. The van der Waals surface area contributed by atoms with Crippen molar-refractivity contribution in [2.45, 2.75) is 30.6 Å². The van der Waals surface area contributed by atoms with Gasteiger partial charge in [0.05, 0.1) is 17.6 Å². The first-order valence-electron chi connectivity index (χ1n) is 8.30. The average Bonchev–Trinajstić information content (AvgIpc) is 2.97. The summed E-state index contributed by atoms with van der Waals surface area (Å²) in [6.07, 6.45) is 0. The van der Waals surface area contributed by atoms with E-state index in [2.05, 4.69) is 10.3 Å². The SMILES string of the molecule is COCc1cccc(CNC(=O)Cn2c(SC(F)F)nc3ccccc32)c1. The van der Waals surface area contributed by atoms with Crippen molar-refractivity contribution in [2.24, 2.45) is 0 Å². The molecule has 0 unspecified atom stereocenters. The maximum atomic E-state index is 12.8. The summed E-state index contributed by atoms with van der Waals surface area (Å²) in [4.78, 5) is 16.6. The van der Waals surface area contributed by atoms with Crippen LogP contribution in [0.3, 0.4) is 0 Å². The van der Waals surface area contributed by atoms with Gasteiger partial charge in [0.2, 0.25) is 5.91 Å². The molecule has 3 rings (SSSR count). The van der Waals surface area contributed by atoms with E-state index in [0.29, 0.717) is 35.9 Å². The lowest BCUT2D eigenvalue weighted by atomic mass is 10.1. The Labute approximate surface area is 159 Å². The molecule has 0 atom stereocenters. The molecule has 0 radical (unpaired) electrons. The number of imidazole rings is 1. The highest BCUT2D eigenvalue weighted by Gasteiger charge is 2.17. The maximum Gasteiger partial charge on any atom is 0.291 e. The Morgan fingerprint density at radius 3 is 2.78 bits per heavy atom. The fraction of sp³-hybridized carbons (Fsp3) is 0.263. The summed E-state index contributed by atoms with van der Waals surface area (Å²) in [5, 5.41) is 2.95. The molecule has 0 bridgehead atoms. The molecule has 0 aliphatic rings. The minimum Gasteiger partial charge on any atom is -0.380 e. The molecule has 8 heteroatoms. The van der Waals surface area contributed by atoms with Crippen molar-refractivity contribution < 1.29 is 18.3 Å². The molecular weight excluding hydrogens is 372 g/mol. The monoisotopic (exact) mass is 391 g/mol. The van der Waals surface area contributed by atoms with Gasteiger partial charge in [-0.25, -0.2) is 4.98 Å². The Kier molecular flexibility index (Phi) is 6.41. The van der Waals surface area contributed by atoms with Gasteiger partial charge in [-0.2, -0.15) is 8.78 Å². The lowest BCUT2D eigenvalue weighted by molar-refractivity contribution is -0.121. The van der Waals surface area contributed by atoms with Gasteiger partial charge < -0.3 is 14.6 Å². The van der Waals surface area contributed by atoms with E-state index in [1.165, 1.54) is 4.57 Å². The number of halogens is 2. The van der Waals surface area contributed by atoms with E-state index in [4.69, 9.17) is 4.74 Å². The number of benzene rings is 2. The lowest BCUT2D eigenvalue weighted by Gasteiger charge is -2.10. The van der Waals surface area contributed by atoms with Crippen molar-refractivity contribution in [1.82, 2.24) is 14.9 Å². The van der Waals surface area contributed by atoms with Crippen LogP contribution in [-0.4, -0.2) is 28.3 Å². The molecule has 0 fully saturated rings. The number of hydrogen-bond acceptors (Lipinski definition) is 4. The van der Waals surface area contributed by atoms with E-state index in [9.17, 15) is 13.6 Å². The van der Waals surface area contributed by atoms with Crippen molar-refractivity contribution in [3.8, 4) is 0 Å². The number of nitrogens with one attached hydrogen (secondary N) is 1. The number of fused-ring (bicyclic) bond motifs is 1. The Morgan fingerprint density at radius 2 is 2.00 bits per heavy atom. The van der Waals surface area contributed by atoms with Gasteiger partial charge in [-0.1, -0.05) is 36.4 Å². The average molecular weight is 391 g/mol. The highest BCUT2D eigenvalue weighted by molar-refractivity contribution is 7.99. The molecule has 1 amide bonds. The van der Waals surface area contributed by atoms with Crippen LogP contribution >= 0.6 is 11.8 Å². The number of ether oxygens (including phenoxy) is 1. The van der Waals surface area contributed by atoms with Crippen LogP contribution in [0.5, 0.6) is 0 Å². The molecule has 142 valence electrons. The van der Waals surface area contributed by atoms with Gasteiger partial charge in [0.1, 0.15) is 6.54 Å². The fourth-order valence-corrected chi connectivity index (χ4v) is 3.37. The van der Waals surface area contributed by atoms with Gasteiger partial charge in [0.25, 0.3) is 5.76 Å². The van der Waals surface area contributed by atoms with Crippen molar-refractivity contribution >= 4 is 28.7 Å². The van der Waals surface area contributed by atoms with Crippen LogP contribution < -0.4 is 5.32 Å². The van der Waals surface area contributed by atoms with Crippen LogP contribution in [0.25, 0.3) is 11.0 Å². The number of para-hydroxylation sites is 2. The van der Waals surface area contributed by atoms with Crippen LogP contribution in [0, 0.1) is 0 Å². The van der Waals surface area contributed by atoms with Crippen LogP contribution in [0.15, 0.2) is 53.7 Å². The second kappa shape index (κ2) is 8.96. The zero-order valence-electron chi connectivity index (χ0n) is 14.7. The number of rotatable bonds is 8. The number of methoxy groups -OCH3 is 1. The summed E-state index contributed by atoms with van der Waals surface area (Å²) >= 11 is 0.339. The number of alkyl halides is 2. The van der Waals surface area contributed by atoms with Gasteiger partial charge in [-0.05, 0) is 35.0 Å². The van der Waals surface area contributed by atoms with Crippen molar-refractivity contribution in [3.05, 3.63) is 59.7 Å². The summed E-state index contributed by atoms with van der Waals surface area (Å²) in [6.45, 7) is 0.769. The van der Waals surface area contributed by atoms with Crippen LogP contribution in [-0.2, 0) is 29.2 Å². The molecule has 27 heavy (non-hydrogen) atoms. The Bertz CT molecular complexity index is 930. The summed E-state index contributed by atoms with van der Waals surface area (Å²) in [5.74, 6) is -2.88. The zero-order chi connectivity index (χ0) is 19.2. The number of amides is 1. The summed E-state index contributed by atoms with van der Waals surface area (Å²) in [5.41, 5.74) is 3.19. The summed E-state index contributed by atoms with van der Waals surface area (Å²) in [6, 6.07) is 14.8.